The van der Waals surface area contributed by atoms with E-state index in [2.05, 4.69) is 0 Å². The lowest BCUT2D eigenvalue weighted by Gasteiger charge is -2.24. The molecule has 0 saturated carbocycles. The van der Waals surface area contributed by atoms with Crippen LogP contribution in [-0.2, 0) is 0 Å². The van der Waals surface area contributed by atoms with Crippen molar-refractivity contribution in [3.8, 4) is 11.1 Å². The quantitative estimate of drug-likeness (QED) is 0.346. The third kappa shape index (κ3) is 2.97. The molecule has 6 nitrogen and oxygen atoms in total. The zero-order valence-corrected chi connectivity index (χ0v) is 18.3. The van der Waals surface area contributed by atoms with Gasteiger partial charge in [0.1, 0.15) is 5.65 Å². The smallest absolute Gasteiger partial charge is 0.266 e. The van der Waals surface area contributed by atoms with Crippen molar-refractivity contribution >= 4 is 29.2 Å². The minimum Gasteiger partial charge on any atom is -0.269 e. The van der Waals surface area contributed by atoms with Crippen LogP contribution >= 0.6 is 11.8 Å². The fourth-order valence-corrected chi connectivity index (χ4v) is 4.80. The van der Waals surface area contributed by atoms with E-state index < -0.39 is 6.04 Å². The molecule has 1 atom stereocenters. The molecule has 7 heteroatoms. The molecule has 0 N–H and O–H groups in total. The van der Waals surface area contributed by atoms with Crippen LogP contribution < -0.4 is 5.56 Å². The van der Waals surface area contributed by atoms with Crippen LogP contribution in [0.5, 0.6) is 0 Å². The summed E-state index contributed by atoms with van der Waals surface area (Å²) in [5.41, 5.74) is 2.48. The third-order valence-electron chi connectivity index (χ3n) is 5.75. The summed E-state index contributed by atoms with van der Waals surface area (Å²) in [4.78, 5) is 46.8. The molecule has 2 amide bonds. The summed E-state index contributed by atoms with van der Waals surface area (Å²) in [6, 6.07) is 18.9. The summed E-state index contributed by atoms with van der Waals surface area (Å²) in [5, 5.41) is 0. The van der Waals surface area contributed by atoms with E-state index in [0.717, 1.165) is 10.5 Å². The first-order valence-corrected chi connectivity index (χ1v) is 11.4. The van der Waals surface area contributed by atoms with Crippen LogP contribution in [-0.4, -0.2) is 32.4 Å². The maximum Gasteiger partial charge on any atom is 0.266 e. The highest BCUT2D eigenvalue weighted by Gasteiger charge is 2.40. The van der Waals surface area contributed by atoms with Gasteiger partial charge in [-0.25, -0.2) is 4.98 Å². The number of nitrogens with zero attached hydrogens (tertiary/aromatic N) is 3. The number of thioether (sulfide) groups is 1. The Labute approximate surface area is 188 Å². The van der Waals surface area contributed by atoms with Gasteiger partial charge in [0, 0.05) is 16.7 Å². The maximum absolute atomic E-state index is 13.6. The van der Waals surface area contributed by atoms with E-state index in [-0.39, 0.29) is 17.4 Å². The predicted octanol–water partition coefficient (Wildman–Crippen LogP) is 4.44. The normalized spacial score (nSPS) is 14.1. The van der Waals surface area contributed by atoms with Gasteiger partial charge in [-0.2, -0.15) is 0 Å². The van der Waals surface area contributed by atoms with E-state index in [0.29, 0.717) is 28.0 Å². The highest BCUT2D eigenvalue weighted by atomic mass is 32.2. The maximum atomic E-state index is 13.6. The molecule has 3 heterocycles. The summed E-state index contributed by atoms with van der Waals surface area (Å²) < 4.78 is 1.49. The summed E-state index contributed by atoms with van der Waals surface area (Å²) in [7, 11) is 0. The fourth-order valence-electron chi connectivity index (χ4n) is 4.19. The van der Waals surface area contributed by atoms with Gasteiger partial charge in [0.2, 0.25) is 0 Å². The van der Waals surface area contributed by atoms with E-state index in [1.165, 1.54) is 21.1 Å². The molecule has 1 unspecified atom stereocenters. The fraction of sp³-hybridized carbons (Fsp3) is 0.120. The minimum absolute atomic E-state index is 0.240. The number of hydrogen-bond acceptors (Lipinski definition) is 5. The molecule has 0 fully saturated rings. The van der Waals surface area contributed by atoms with Crippen molar-refractivity contribution in [1.29, 1.82) is 0 Å². The van der Waals surface area contributed by atoms with Gasteiger partial charge in [-0.3, -0.25) is 23.7 Å². The first kappa shape index (κ1) is 20.2. The second-order valence-electron chi connectivity index (χ2n) is 7.51. The molecule has 0 spiro atoms. The van der Waals surface area contributed by atoms with E-state index in [1.54, 1.807) is 55.6 Å². The molecular formula is C25H19N3O3S. The average Bonchev–Trinajstić information content (AvgIpc) is 3.08. The summed E-state index contributed by atoms with van der Waals surface area (Å²) in [6.45, 7) is 1.74. The summed E-state index contributed by atoms with van der Waals surface area (Å²) in [6.07, 6.45) is 3.62. The molecule has 32 heavy (non-hydrogen) atoms. The molecule has 1 aliphatic rings. The van der Waals surface area contributed by atoms with Crippen LogP contribution in [0.1, 0.15) is 39.4 Å². The molecule has 5 rings (SSSR count). The van der Waals surface area contributed by atoms with Crippen LogP contribution in [0, 0.1) is 0 Å². The van der Waals surface area contributed by atoms with Gasteiger partial charge < -0.3 is 0 Å². The molecule has 2 aromatic heterocycles. The van der Waals surface area contributed by atoms with E-state index in [9.17, 15) is 14.4 Å². The van der Waals surface area contributed by atoms with E-state index in [1.807, 2.05) is 30.5 Å². The number of carbonyl (C=O) groups is 2. The lowest BCUT2D eigenvalue weighted by molar-refractivity contribution is 0.0592. The third-order valence-corrected chi connectivity index (χ3v) is 6.54. The van der Waals surface area contributed by atoms with Crippen molar-refractivity contribution in [1.82, 2.24) is 14.3 Å². The number of carbonyl (C=O) groups excluding carboxylic acids is 2. The van der Waals surface area contributed by atoms with Crippen LogP contribution in [0.4, 0.5) is 0 Å². The topological polar surface area (TPSA) is 71.8 Å². The van der Waals surface area contributed by atoms with Gasteiger partial charge in [-0.15, -0.1) is 11.8 Å². The number of imide groups is 1. The molecule has 0 radical (unpaired) electrons. The molecule has 2 aromatic carbocycles. The number of amides is 2. The van der Waals surface area contributed by atoms with Crippen molar-refractivity contribution in [3.05, 3.63) is 100 Å². The Morgan fingerprint density at radius 3 is 2.06 bits per heavy atom. The molecule has 158 valence electrons. The Bertz CT molecular complexity index is 1430. The number of fused-ring (bicyclic) bond motifs is 2. The van der Waals surface area contributed by atoms with Crippen LogP contribution in [0.15, 0.2) is 82.6 Å². The second kappa shape index (κ2) is 7.76. The van der Waals surface area contributed by atoms with Crippen molar-refractivity contribution in [2.75, 3.05) is 6.26 Å². The Kier molecular flexibility index (Phi) is 4.90. The molecule has 1 aliphatic heterocycles. The van der Waals surface area contributed by atoms with Gasteiger partial charge >= 0.3 is 0 Å². The first-order chi connectivity index (χ1) is 15.5. The monoisotopic (exact) mass is 441 g/mol. The van der Waals surface area contributed by atoms with Crippen LogP contribution in [0.25, 0.3) is 16.8 Å². The average molecular weight is 442 g/mol. The second-order valence-corrected chi connectivity index (χ2v) is 8.36. The number of benzene rings is 2. The highest BCUT2D eigenvalue weighted by molar-refractivity contribution is 7.98. The number of pyridine rings is 1. The van der Waals surface area contributed by atoms with Crippen LogP contribution in [0.2, 0.25) is 0 Å². The van der Waals surface area contributed by atoms with Crippen LogP contribution in [0.3, 0.4) is 0 Å². The van der Waals surface area contributed by atoms with Crippen molar-refractivity contribution in [2.24, 2.45) is 0 Å². The zero-order chi connectivity index (χ0) is 22.4. The van der Waals surface area contributed by atoms with Gasteiger partial charge in [-0.1, -0.05) is 36.4 Å². The standard InChI is InChI=1S/C25H19N3O3S/c1-15(28-23(29)16-9-3-4-10-17(16)24(28)30)22-21(18-11-5-6-12-19(18)32-2)25(31)27-14-8-7-13-20(27)26-22/h3-15H,1-2H3. The van der Waals surface area contributed by atoms with E-state index in [4.69, 9.17) is 4.98 Å². The number of aromatic nitrogens is 2. The van der Waals surface area contributed by atoms with Crippen molar-refractivity contribution in [2.45, 2.75) is 17.9 Å². The summed E-state index contributed by atoms with van der Waals surface area (Å²) >= 11 is 1.52. The Hall–Kier alpha value is -3.71. The first-order valence-electron chi connectivity index (χ1n) is 10.1. The predicted molar refractivity (Wildman–Crippen MR) is 124 cm³/mol. The lowest BCUT2D eigenvalue weighted by atomic mass is 10.0. The lowest BCUT2D eigenvalue weighted by Crippen LogP contribution is -2.35. The molecule has 0 saturated heterocycles. The van der Waals surface area contributed by atoms with Gasteiger partial charge in [0.15, 0.2) is 0 Å². The minimum atomic E-state index is -0.731. The zero-order valence-electron chi connectivity index (χ0n) is 17.5. The number of rotatable bonds is 4. The molecule has 0 aliphatic carbocycles. The Balaban J connectivity index is 1.77. The number of hydrogen-bond donors (Lipinski definition) is 0. The van der Waals surface area contributed by atoms with Crippen molar-refractivity contribution < 1.29 is 9.59 Å². The summed E-state index contributed by atoms with van der Waals surface area (Å²) in [5.74, 6) is -0.755. The SMILES string of the molecule is CSc1ccccc1-c1c(C(C)N2C(=O)c3ccccc3C2=O)nc2ccccn2c1=O. The van der Waals surface area contributed by atoms with E-state index >= 15 is 0 Å². The molecular weight excluding hydrogens is 422 g/mol. The van der Waals surface area contributed by atoms with Gasteiger partial charge in [0.25, 0.3) is 17.4 Å². The Morgan fingerprint density at radius 1 is 0.812 bits per heavy atom. The van der Waals surface area contributed by atoms with Gasteiger partial charge in [-0.05, 0) is 43.5 Å². The largest absolute Gasteiger partial charge is 0.269 e. The van der Waals surface area contributed by atoms with Crippen molar-refractivity contribution in [3.63, 3.8) is 0 Å². The molecule has 4 aromatic rings. The molecule has 0 bridgehead atoms. The van der Waals surface area contributed by atoms with Gasteiger partial charge in [0.05, 0.1) is 28.4 Å². The Morgan fingerprint density at radius 2 is 1.41 bits per heavy atom. The highest BCUT2D eigenvalue weighted by Crippen LogP contribution is 2.36.